The zero-order valence-corrected chi connectivity index (χ0v) is 10.2. The van der Waals surface area contributed by atoms with Gasteiger partial charge < -0.3 is 0 Å². The summed E-state index contributed by atoms with van der Waals surface area (Å²) < 4.78 is 0. The Morgan fingerprint density at radius 2 is 2.14 bits per heavy atom. The molecule has 0 amide bonds. The molecule has 0 saturated heterocycles. The van der Waals surface area contributed by atoms with Crippen LogP contribution in [0.15, 0.2) is 5.51 Å². The minimum Gasteiger partial charge on any atom is -0.295 e. The molecule has 0 aliphatic heterocycles. The van der Waals surface area contributed by atoms with Crippen LogP contribution < -0.4 is 5.48 Å². The van der Waals surface area contributed by atoms with Crippen molar-refractivity contribution in [1.82, 2.24) is 10.5 Å². The van der Waals surface area contributed by atoms with Crippen molar-refractivity contribution < 1.29 is 4.84 Å². The second-order valence-corrected chi connectivity index (χ2v) is 5.24. The fraction of sp³-hybridized carbons (Fsp3) is 0.700. The van der Waals surface area contributed by atoms with Crippen LogP contribution in [0.25, 0.3) is 0 Å². The monoisotopic (exact) mass is 214 g/mol. The highest BCUT2D eigenvalue weighted by atomic mass is 32.1. The van der Waals surface area contributed by atoms with Gasteiger partial charge in [-0.3, -0.25) is 4.84 Å². The van der Waals surface area contributed by atoms with E-state index in [1.807, 2.05) is 33.2 Å². The molecule has 1 aromatic heterocycles. The van der Waals surface area contributed by atoms with Crippen LogP contribution in [-0.2, 0) is 4.84 Å². The Kier molecular flexibility index (Phi) is 3.64. The van der Waals surface area contributed by atoms with Crippen LogP contribution in [0.1, 0.15) is 44.3 Å². The molecular weight excluding hydrogens is 196 g/mol. The van der Waals surface area contributed by atoms with Crippen LogP contribution in [0.5, 0.6) is 0 Å². The van der Waals surface area contributed by atoms with Crippen LogP contribution in [0, 0.1) is 6.92 Å². The molecule has 0 aromatic carbocycles. The van der Waals surface area contributed by atoms with E-state index in [1.54, 1.807) is 11.3 Å². The highest BCUT2D eigenvalue weighted by Crippen LogP contribution is 2.21. The number of aromatic nitrogens is 1. The molecule has 0 bridgehead atoms. The third kappa shape index (κ3) is 3.36. The maximum atomic E-state index is 5.50. The number of hydrogen-bond acceptors (Lipinski definition) is 4. The van der Waals surface area contributed by atoms with Crippen molar-refractivity contribution in [2.24, 2.45) is 0 Å². The van der Waals surface area contributed by atoms with Crippen LogP contribution in [0.3, 0.4) is 0 Å². The minimum atomic E-state index is -0.160. The van der Waals surface area contributed by atoms with Gasteiger partial charge in [-0.15, -0.1) is 11.3 Å². The van der Waals surface area contributed by atoms with Gasteiger partial charge in [0.05, 0.1) is 22.8 Å². The first-order chi connectivity index (χ1) is 6.40. The standard InChI is InChI=1S/C10H18N2OS/c1-7-9(14-6-11-7)8(2)12-13-10(3,4)5/h6,8,12H,1-5H3. The predicted molar refractivity (Wildman–Crippen MR) is 59.2 cm³/mol. The molecule has 1 heterocycles. The summed E-state index contributed by atoms with van der Waals surface area (Å²) in [6.07, 6.45) is 0. The number of hydroxylamine groups is 1. The van der Waals surface area contributed by atoms with Crippen molar-refractivity contribution >= 4 is 11.3 Å². The van der Waals surface area contributed by atoms with Gasteiger partial charge in [0.1, 0.15) is 0 Å². The van der Waals surface area contributed by atoms with Crippen LogP contribution in [0.4, 0.5) is 0 Å². The topological polar surface area (TPSA) is 34.2 Å². The molecule has 0 fully saturated rings. The fourth-order valence-electron chi connectivity index (χ4n) is 1.05. The van der Waals surface area contributed by atoms with Gasteiger partial charge in [0.2, 0.25) is 0 Å². The molecule has 0 saturated carbocycles. The van der Waals surface area contributed by atoms with Gasteiger partial charge in [-0.1, -0.05) is 0 Å². The molecule has 0 aliphatic carbocycles. The van der Waals surface area contributed by atoms with Gasteiger partial charge in [0, 0.05) is 4.88 Å². The molecule has 1 N–H and O–H groups in total. The molecule has 1 aromatic rings. The highest BCUT2D eigenvalue weighted by Gasteiger charge is 2.15. The number of nitrogens with zero attached hydrogens (tertiary/aromatic N) is 1. The molecule has 3 nitrogen and oxygen atoms in total. The molecule has 4 heteroatoms. The van der Waals surface area contributed by atoms with Crippen LogP contribution >= 0.6 is 11.3 Å². The molecule has 80 valence electrons. The summed E-state index contributed by atoms with van der Waals surface area (Å²) in [6.45, 7) is 10.2. The third-order valence-corrected chi connectivity index (χ3v) is 2.83. The second kappa shape index (κ2) is 4.38. The number of aryl methyl sites for hydroxylation is 1. The Labute approximate surface area is 89.5 Å². The summed E-state index contributed by atoms with van der Waals surface area (Å²) in [6, 6.07) is 0.196. The van der Waals surface area contributed by atoms with E-state index in [2.05, 4.69) is 17.4 Å². The van der Waals surface area contributed by atoms with Crippen molar-refractivity contribution in [3.8, 4) is 0 Å². The summed E-state index contributed by atoms with van der Waals surface area (Å²) in [4.78, 5) is 10.9. The lowest BCUT2D eigenvalue weighted by molar-refractivity contribution is -0.0862. The Bertz CT molecular complexity index is 291. The van der Waals surface area contributed by atoms with E-state index in [1.165, 1.54) is 4.88 Å². The van der Waals surface area contributed by atoms with Gasteiger partial charge in [0.25, 0.3) is 0 Å². The first kappa shape index (κ1) is 11.6. The number of nitrogens with one attached hydrogen (secondary N) is 1. The van der Waals surface area contributed by atoms with Crippen LogP contribution in [0.2, 0.25) is 0 Å². The van der Waals surface area contributed by atoms with Crippen molar-refractivity contribution in [3.63, 3.8) is 0 Å². The van der Waals surface area contributed by atoms with E-state index in [4.69, 9.17) is 4.84 Å². The van der Waals surface area contributed by atoms with Gasteiger partial charge in [-0.2, -0.15) is 5.48 Å². The highest BCUT2D eigenvalue weighted by molar-refractivity contribution is 7.09. The van der Waals surface area contributed by atoms with Crippen molar-refractivity contribution in [2.75, 3.05) is 0 Å². The van der Waals surface area contributed by atoms with E-state index in [0.29, 0.717) is 0 Å². The molecule has 14 heavy (non-hydrogen) atoms. The number of thiazole rings is 1. The molecule has 1 atom stereocenters. The first-order valence-corrected chi connectivity index (χ1v) is 5.61. The maximum absolute atomic E-state index is 5.50. The molecule has 0 aliphatic rings. The van der Waals surface area contributed by atoms with Crippen molar-refractivity contribution in [3.05, 3.63) is 16.1 Å². The molecule has 1 rings (SSSR count). The van der Waals surface area contributed by atoms with Gasteiger partial charge in [-0.25, -0.2) is 4.98 Å². The van der Waals surface area contributed by atoms with E-state index in [-0.39, 0.29) is 11.6 Å². The van der Waals surface area contributed by atoms with E-state index >= 15 is 0 Å². The van der Waals surface area contributed by atoms with Gasteiger partial charge in [-0.05, 0) is 34.6 Å². The Morgan fingerprint density at radius 1 is 1.50 bits per heavy atom. The second-order valence-electron chi connectivity index (χ2n) is 4.36. The zero-order chi connectivity index (χ0) is 10.8. The average Bonchev–Trinajstić information content (AvgIpc) is 2.46. The van der Waals surface area contributed by atoms with Crippen molar-refractivity contribution in [2.45, 2.75) is 46.3 Å². The predicted octanol–water partition coefficient (Wildman–Crippen LogP) is 2.83. The Hall–Kier alpha value is -0.450. The maximum Gasteiger partial charge on any atom is 0.0813 e. The summed E-state index contributed by atoms with van der Waals surface area (Å²) >= 11 is 1.65. The van der Waals surface area contributed by atoms with E-state index in [9.17, 15) is 0 Å². The smallest absolute Gasteiger partial charge is 0.0813 e. The summed E-state index contributed by atoms with van der Waals surface area (Å²) in [5.41, 5.74) is 5.81. The van der Waals surface area contributed by atoms with Crippen molar-refractivity contribution in [1.29, 1.82) is 0 Å². The molecular formula is C10H18N2OS. The lowest BCUT2D eigenvalue weighted by Crippen LogP contribution is -2.30. The fourth-order valence-corrected chi connectivity index (χ4v) is 1.85. The molecule has 0 radical (unpaired) electrons. The SMILES string of the molecule is Cc1ncsc1C(C)NOC(C)(C)C. The minimum absolute atomic E-state index is 0.160. The number of hydrogen-bond donors (Lipinski definition) is 1. The van der Waals surface area contributed by atoms with Crippen LogP contribution in [-0.4, -0.2) is 10.6 Å². The lowest BCUT2D eigenvalue weighted by Gasteiger charge is -2.22. The summed E-state index contributed by atoms with van der Waals surface area (Å²) in [5.74, 6) is 0. The van der Waals surface area contributed by atoms with Gasteiger partial charge in [0.15, 0.2) is 0 Å². The lowest BCUT2D eigenvalue weighted by atomic mass is 10.2. The number of rotatable bonds is 3. The Balaban J connectivity index is 2.51. The van der Waals surface area contributed by atoms with Gasteiger partial charge >= 0.3 is 0 Å². The zero-order valence-electron chi connectivity index (χ0n) is 9.42. The Morgan fingerprint density at radius 3 is 2.57 bits per heavy atom. The normalized spacial score (nSPS) is 14.4. The largest absolute Gasteiger partial charge is 0.295 e. The quantitative estimate of drug-likeness (QED) is 0.786. The van der Waals surface area contributed by atoms with E-state index < -0.39 is 0 Å². The summed E-state index contributed by atoms with van der Waals surface area (Å²) in [7, 11) is 0. The third-order valence-electron chi connectivity index (χ3n) is 1.72. The average molecular weight is 214 g/mol. The first-order valence-electron chi connectivity index (χ1n) is 4.73. The summed E-state index contributed by atoms with van der Waals surface area (Å²) in [5, 5.41) is 0. The molecule has 0 spiro atoms. The van der Waals surface area contributed by atoms with E-state index in [0.717, 1.165) is 5.69 Å². The molecule has 1 unspecified atom stereocenters.